The maximum Gasteiger partial charge on any atom is 0.250 e. The molecule has 3 aliphatic rings. The van der Waals surface area contributed by atoms with Crippen LogP contribution in [0.3, 0.4) is 0 Å². The number of nitrogens with one attached hydrogen (secondary N) is 2. The maximum absolute atomic E-state index is 13.8. The summed E-state index contributed by atoms with van der Waals surface area (Å²) in [5, 5.41) is 6.40. The Balaban J connectivity index is 1.66. The van der Waals surface area contributed by atoms with Crippen LogP contribution >= 0.6 is 11.8 Å². The molecule has 7 heteroatoms. The van der Waals surface area contributed by atoms with Crippen LogP contribution in [0.15, 0.2) is 48.5 Å². The van der Waals surface area contributed by atoms with Crippen LogP contribution in [-0.2, 0) is 19.9 Å². The third-order valence-electron chi connectivity index (χ3n) is 6.61. The standard InChI is InChI=1S/C23H23N3O3S/c1-13-7-3-6-10-17(13)26-20(27)18-16(11-12-30-2)25-23(19(18)21(26)28)14-8-4-5-9-15(14)24-22(23)29/h3-10,16,18-19,25H,11-12H2,1-2H3,(H,24,29)/t16-,18-,19-,23-/m0/s1. The molecule has 2 N–H and O–H groups in total. The topological polar surface area (TPSA) is 78.5 Å². The van der Waals surface area contributed by atoms with Crippen molar-refractivity contribution in [1.29, 1.82) is 0 Å². The number of anilines is 2. The average Bonchev–Trinajstić information content (AvgIpc) is 3.32. The lowest BCUT2D eigenvalue weighted by molar-refractivity contribution is -0.130. The van der Waals surface area contributed by atoms with Crippen LogP contribution < -0.4 is 15.5 Å². The van der Waals surface area contributed by atoms with E-state index in [0.29, 0.717) is 17.8 Å². The molecule has 3 heterocycles. The van der Waals surface area contributed by atoms with Gasteiger partial charge >= 0.3 is 0 Å². The molecule has 2 aromatic rings. The number of imide groups is 1. The summed E-state index contributed by atoms with van der Waals surface area (Å²) in [6.07, 6.45) is 2.72. The number of amides is 3. The second kappa shape index (κ2) is 6.96. The maximum atomic E-state index is 13.8. The summed E-state index contributed by atoms with van der Waals surface area (Å²) >= 11 is 1.69. The minimum Gasteiger partial charge on any atom is -0.324 e. The molecule has 0 radical (unpaired) electrons. The summed E-state index contributed by atoms with van der Waals surface area (Å²) in [4.78, 5) is 42.0. The molecule has 3 amide bonds. The normalized spacial score (nSPS) is 29.5. The Bertz CT molecular complexity index is 1070. The summed E-state index contributed by atoms with van der Waals surface area (Å²) in [7, 11) is 0. The molecule has 2 fully saturated rings. The van der Waals surface area contributed by atoms with E-state index in [1.165, 1.54) is 4.90 Å². The Labute approximate surface area is 179 Å². The second-order valence-corrected chi connectivity index (χ2v) is 9.13. The van der Waals surface area contributed by atoms with Gasteiger partial charge in [0.05, 0.1) is 17.5 Å². The van der Waals surface area contributed by atoms with Gasteiger partial charge in [0.1, 0.15) is 5.54 Å². The van der Waals surface area contributed by atoms with Gasteiger partial charge in [-0.15, -0.1) is 0 Å². The highest BCUT2D eigenvalue weighted by molar-refractivity contribution is 7.98. The van der Waals surface area contributed by atoms with E-state index in [-0.39, 0.29) is 23.8 Å². The molecule has 0 unspecified atom stereocenters. The van der Waals surface area contributed by atoms with Gasteiger partial charge in [0.15, 0.2) is 0 Å². The number of fused-ring (bicyclic) bond motifs is 4. The molecule has 4 atom stereocenters. The Morgan fingerprint density at radius 3 is 2.53 bits per heavy atom. The van der Waals surface area contributed by atoms with E-state index < -0.39 is 17.4 Å². The van der Waals surface area contributed by atoms with Crippen LogP contribution in [0, 0.1) is 18.8 Å². The molecule has 2 aromatic carbocycles. The zero-order chi connectivity index (χ0) is 21.0. The van der Waals surface area contributed by atoms with E-state index in [2.05, 4.69) is 10.6 Å². The monoisotopic (exact) mass is 421 g/mol. The predicted octanol–water partition coefficient (Wildman–Crippen LogP) is 2.67. The van der Waals surface area contributed by atoms with E-state index in [1.54, 1.807) is 17.8 Å². The first-order valence-corrected chi connectivity index (χ1v) is 11.5. The molecular formula is C23H23N3O3S. The number of thioether (sulfide) groups is 1. The van der Waals surface area contributed by atoms with Crippen LogP contribution in [0.4, 0.5) is 11.4 Å². The fourth-order valence-corrected chi connectivity index (χ4v) is 5.79. The molecular weight excluding hydrogens is 398 g/mol. The van der Waals surface area contributed by atoms with Gasteiger partial charge in [-0.25, -0.2) is 4.90 Å². The van der Waals surface area contributed by atoms with Crippen molar-refractivity contribution < 1.29 is 14.4 Å². The summed E-state index contributed by atoms with van der Waals surface area (Å²) in [6, 6.07) is 14.6. The quantitative estimate of drug-likeness (QED) is 0.742. The van der Waals surface area contributed by atoms with Crippen molar-refractivity contribution >= 4 is 40.9 Å². The van der Waals surface area contributed by atoms with Crippen LogP contribution in [0.1, 0.15) is 17.5 Å². The number of hydrogen-bond donors (Lipinski definition) is 2. The lowest BCUT2D eigenvalue weighted by atomic mass is 9.76. The van der Waals surface area contributed by atoms with Gasteiger partial charge in [-0.2, -0.15) is 11.8 Å². The van der Waals surface area contributed by atoms with Crippen molar-refractivity contribution in [2.75, 3.05) is 22.2 Å². The van der Waals surface area contributed by atoms with E-state index in [0.717, 1.165) is 16.9 Å². The van der Waals surface area contributed by atoms with Crippen molar-refractivity contribution in [3.05, 3.63) is 59.7 Å². The second-order valence-electron chi connectivity index (χ2n) is 8.14. The molecule has 1 spiro atoms. The first kappa shape index (κ1) is 19.3. The molecule has 0 aromatic heterocycles. The Morgan fingerprint density at radius 1 is 1.03 bits per heavy atom. The molecule has 154 valence electrons. The molecule has 0 saturated carbocycles. The minimum absolute atomic E-state index is 0.216. The van der Waals surface area contributed by atoms with E-state index in [1.807, 2.05) is 55.6 Å². The third-order valence-corrected chi connectivity index (χ3v) is 7.26. The average molecular weight is 422 g/mol. The molecule has 5 rings (SSSR count). The van der Waals surface area contributed by atoms with Crippen molar-refractivity contribution in [3.8, 4) is 0 Å². The van der Waals surface area contributed by atoms with Crippen molar-refractivity contribution in [3.63, 3.8) is 0 Å². The van der Waals surface area contributed by atoms with Gasteiger partial charge in [0.25, 0.3) is 0 Å². The number of benzene rings is 2. The molecule has 0 aliphatic carbocycles. The summed E-state index contributed by atoms with van der Waals surface area (Å²) in [6.45, 7) is 1.89. The summed E-state index contributed by atoms with van der Waals surface area (Å²) in [5.41, 5.74) is 1.71. The largest absolute Gasteiger partial charge is 0.324 e. The Kier molecular flexibility index (Phi) is 4.48. The summed E-state index contributed by atoms with van der Waals surface area (Å²) < 4.78 is 0. The van der Waals surface area contributed by atoms with Crippen LogP contribution in [0.2, 0.25) is 0 Å². The number of aryl methyl sites for hydroxylation is 1. The van der Waals surface area contributed by atoms with Crippen LogP contribution in [-0.4, -0.2) is 35.8 Å². The van der Waals surface area contributed by atoms with Gasteiger partial charge in [-0.1, -0.05) is 36.4 Å². The Hall–Kier alpha value is -2.64. The number of nitrogens with zero attached hydrogens (tertiary/aromatic N) is 1. The SMILES string of the molecule is CSCC[C@@H]1N[C@]2(C(=O)Nc3ccccc32)[C@@H]2C(=O)N(c3ccccc3C)C(=O)[C@@H]12. The lowest BCUT2D eigenvalue weighted by Gasteiger charge is -2.29. The number of hydrogen-bond acceptors (Lipinski definition) is 5. The van der Waals surface area contributed by atoms with Gasteiger partial charge in [-0.3, -0.25) is 19.7 Å². The van der Waals surface area contributed by atoms with Gasteiger partial charge in [0.2, 0.25) is 17.7 Å². The number of rotatable bonds is 4. The molecule has 6 nitrogen and oxygen atoms in total. The molecule has 2 saturated heterocycles. The summed E-state index contributed by atoms with van der Waals surface area (Å²) in [5.74, 6) is -1.26. The predicted molar refractivity (Wildman–Crippen MR) is 117 cm³/mol. The van der Waals surface area contributed by atoms with E-state index in [9.17, 15) is 14.4 Å². The first-order valence-electron chi connectivity index (χ1n) is 10.1. The molecule has 30 heavy (non-hydrogen) atoms. The smallest absolute Gasteiger partial charge is 0.250 e. The van der Waals surface area contributed by atoms with Gasteiger partial charge < -0.3 is 5.32 Å². The highest BCUT2D eigenvalue weighted by atomic mass is 32.2. The lowest BCUT2D eigenvalue weighted by Crippen LogP contribution is -2.53. The molecule has 0 bridgehead atoms. The Morgan fingerprint density at radius 2 is 1.77 bits per heavy atom. The minimum atomic E-state index is -1.21. The van der Waals surface area contributed by atoms with Crippen LogP contribution in [0.25, 0.3) is 0 Å². The van der Waals surface area contributed by atoms with Crippen molar-refractivity contribution in [2.24, 2.45) is 11.8 Å². The van der Waals surface area contributed by atoms with Crippen molar-refractivity contribution in [1.82, 2.24) is 5.32 Å². The highest BCUT2D eigenvalue weighted by Crippen LogP contribution is 2.54. The van der Waals surface area contributed by atoms with Gasteiger partial charge in [0, 0.05) is 17.3 Å². The highest BCUT2D eigenvalue weighted by Gasteiger charge is 2.70. The first-order chi connectivity index (χ1) is 14.5. The van der Waals surface area contributed by atoms with Crippen molar-refractivity contribution in [2.45, 2.75) is 24.9 Å². The molecule has 3 aliphatic heterocycles. The fourth-order valence-electron chi connectivity index (χ4n) is 5.30. The fraction of sp³-hybridized carbons (Fsp3) is 0.348. The number of carbonyl (C=O) groups is 3. The number of para-hydroxylation sites is 2. The zero-order valence-electron chi connectivity index (χ0n) is 16.8. The zero-order valence-corrected chi connectivity index (χ0v) is 17.7. The van der Waals surface area contributed by atoms with Gasteiger partial charge in [-0.05, 0) is 43.0 Å². The third kappa shape index (κ3) is 2.45. The van der Waals surface area contributed by atoms with E-state index in [4.69, 9.17) is 0 Å². The van der Waals surface area contributed by atoms with E-state index >= 15 is 0 Å². The van der Waals surface area contributed by atoms with Crippen LogP contribution in [0.5, 0.6) is 0 Å². The number of carbonyl (C=O) groups excluding carboxylic acids is 3.